The molecule has 1 saturated heterocycles. The Morgan fingerprint density at radius 3 is 3.00 bits per heavy atom. The lowest BCUT2D eigenvalue weighted by Crippen LogP contribution is -2.23. The maximum absolute atomic E-state index is 12.7. The lowest BCUT2D eigenvalue weighted by atomic mass is 10.1. The summed E-state index contributed by atoms with van der Waals surface area (Å²) in [6, 6.07) is 0. The second-order valence-electron chi connectivity index (χ2n) is 4.62. The Morgan fingerprint density at radius 1 is 1.44 bits per heavy atom. The van der Waals surface area contributed by atoms with Crippen molar-refractivity contribution < 1.29 is 8.78 Å². The van der Waals surface area contributed by atoms with Crippen LogP contribution >= 0.6 is 11.3 Å². The van der Waals surface area contributed by atoms with Gasteiger partial charge in [0.15, 0.2) is 0 Å². The fourth-order valence-electron chi connectivity index (χ4n) is 2.37. The predicted octanol–water partition coefficient (Wildman–Crippen LogP) is 3.09. The zero-order valence-electron chi connectivity index (χ0n) is 9.94. The number of thiophene rings is 1. The molecule has 0 spiro atoms. The van der Waals surface area contributed by atoms with E-state index in [0.29, 0.717) is 19.5 Å². The van der Waals surface area contributed by atoms with Gasteiger partial charge in [-0.2, -0.15) is 0 Å². The monoisotopic (exact) mass is 269 g/mol. The van der Waals surface area contributed by atoms with E-state index >= 15 is 0 Å². The summed E-state index contributed by atoms with van der Waals surface area (Å²) in [5.41, 5.74) is 2.05. The first-order chi connectivity index (χ1) is 8.66. The Morgan fingerprint density at radius 2 is 2.28 bits per heavy atom. The molecule has 1 aliphatic heterocycles. The molecule has 1 atom stereocenters. The number of alkyl halides is 2. The number of aromatic nitrogens is 2. The van der Waals surface area contributed by atoms with Crippen LogP contribution in [-0.4, -0.2) is 29.5 Å². The van der Waals surface area contributed by atoms with E-state index in [0.717, 1.165) is 21.6 Å². The van der Waals surface area contributed by atoms with E-state index in [4.69, 9.17) is 0 Å². The average Bonchev–Trinajstić information content (AvgIpc) is 2.97. The smallest absolute Gasteiger partial charge is 0.243 e. The molecular formula is C12H13F2N3S. The zero-order valence-corrected chi connectivity index (χ0v) is 10.8. The van der Waals surface area contributed by atoms with Crippen LogP contribution in [-0.2, 0) is 0 Å². The van der Waals surface area contributed by atoms with Crippen LogP contribution in [0.5, 0.6) is 0 Å². The van der Waals surface area contributed by atoms with E-state index < -0.39 is 12.3 Å². The lowest BCUT2D eigenvalue weighted by molar-refractivity contribution is 0.0880. The summed E-state index contributed by atoms with van der Waals surface area (Å²) >= 11 is 1.58. The third kappa shape index (κ3) is 1.84. The number of nitrogens with zero attached hydrogens (tertiary/aromatic N) is 3. The summed E-state index contributed by atoms with van der Waals surface area (Å²) in [4.78, 5) is 10.5. The van der Waals surface area contributed by atoms with Gasteiger partial charge in [-0.15, -0.1) is 11.3 Å². The van der Waals surface area contributed by atoms with Gasteiger partial charge in [-0.3, -0.25) is 0 Å². The van der Waals surface area contributed by atoms with Gasteiger partial charge in [-0.25, -0.2) is 18.7 Å². The Labute approximate surface area is 107 Å². The van der Waals surface area contributed by atoms with Gasteiger partial charge < -0.3 is 4.90 Å². The van der Waals surface area contributed by atoms with Gasteiger partial charge in [0.05, 0.1) is 10.2 Å². The molecule has 0 amide bonds. The number of aryl methyl sites for hydroxylation is 1. The summed E-state index contributed by atoms with van der Waals surface area (Å²) in [5, 5.41) is 2.03. The molecule has 1 aliphatic rings. The molecule has 0 N–H and O–H groups in total. The van der Waals surface area contributed by atoms with Gasteiger partial charge in [-0.1, -0.05) is 0 Å². The van der Waals surface area contributed by atoms with E-state index in [-0.39, 0.29) is 0 Å². The van der Waals surface area contributed by atoms with Gasteiger partial charge in [0.25, 0.3) is 0 Å². The van der Waals surface area contributed by atoms with Gasteiger partial charge in [0, 0.05) is 19.0 Å². The van der Waals surface area contributed by atoms with Crippen molar-refractivity contribution in [3.05, 3.63) is 17.3 Å². The standard InChI is InChI=1S/C12H13F2N3S/c1-7-5-18-10-9(7)15-6-16-12(10)17-3-2-8(4-17)11(13)14/h5-6,8,11H,2-4H2,1H3. The fourth-order valence-corrected chi connectivity index (χ4v) is 3.39. The number of halogens is 2. The second kappa shape index (κ2) is 4.42. The molecule has 0 saturated carbocycles. The van der Waals surface area contributed by atoms with E-state index in [1.807, 2.05) is 17.2 Å². The minimum absolute atomic E-state index is 0.390. The van der Waals surface area contributed by atoms with Crippen molar-refractivity contribution in [3.8, 4) is 0 Å². The van der Waals surface area contributed by atoms with Gasteiger partial charge in [0.1, 0.15) is 12.1 Å². The molecule has 96 valence electrons. The van der Waals surface area contributed by atoms with Crippen LogP contribution < -0.4 is 4.90 Å². The molecule has 3 rings (SSSR count). The highest BCUT2D eigenvalue weighted by atomic mass is 32.1. The highest BCUT2D eigenvalue weighted by Gasteiger charge is 2.31. The highest BCUT2D eigenvalue weighted by molar-refractivity contribution is 7.18. The maximum Gasteiger partial charge on any atom is 0.243 e. The molecule has 18 heavy (non-hydrogen) atoms. The van der Waals surface area contributed by atoms with E-state index in [1.54, 1.807) is 11.3 Å². The first kappa shape index (κ1) is 11.8. The SMILES string of the molecule is Cc1csc2c(N3CCC(C(F)F)C3)ncnc12. The predicted molar refractivity (Wildman–Crippen MR) is 68.5 cm³/mol. The van der Waals surface area contributed by atoms with Crippen molar-refractivity contribution in [3.63, 3.8) is 0 Å². The summed E-state index contributed by atoms with van der Waals surface area (Å²) in [6.07, 6.45) is -0.182. The largest absolute Gasteiger partial charge is 0.355 e. The summed E-state index contributed by atoms with van der Waals surface area (Å²) in [7, 11) is 0. The van der Waals surface area contributed by atoms with Crippen LogP contribution in [0, 0.1) is 12.8 Å². The number of fused-ring (bicyclic) bond motifs is 1. The van der Waals surface area contributed by atoms with Crippen molar-refractivity contribution in [2.24, 2.45) is 5.92 Å². The summed E-state index contributed by atoms with van der Waals surface area (Å²) < 4.78 is 26.4. The number of hydrogen-bond acceptors (Lipinski definition) is 4. The maximum atomic E-state index is 12.7. The Bertz CT molecular complexity index is 569. The lowest BCUT2D eigenvalue weighted by Gasteiger charge is -2.17. The Balaban J connectivity index is 1.96. The highest BCUT2D eigenvalue weighted by Crippen LogP contribution is 2.34. The van der Waals surface area contributed by atoms with Crippen molar-refractivity contribution in [1.82, 2.24) is 9.97 Å². The fraction of sp³-hybridized carbons (Fsp3) is 0.500. The van der Waals surface area contributed by atoms with Crippen LogP contribution in [0.2, 0.25) is 0 Å². The van der Waals surface area contributed by atoms with Crippen LogP contribution in [0.3, 0.4) is 0 Å². The van der Waals surface area contributed by atoms with Gasteiger partial charge in [0.2, 0.25) is 6.43 Å². The second-order valence-corrected chi connectivity index (χ2v) is 5.50. The minimum Gasteiger partial charge on any atom is -0.355 e. The normalized spacial score (nSPS) is 20.2. The third-order valence-electron chi connectivity index (χ3n) is 3.39. The molecule has 0 radical (unpaired) electrons. The van der Waals surface area contributed by atoms with Crippen molar-refractivity contribution in [2.45, 2.75) is 19.8 Å². The molecule has 0 aromatic carbocycles. The van der Waals surface area contributed by atoms with Crippen LogP contribution in [0.25, 0.3) is 10.2 Å². The molecule has 1 unspecified atom stereocenters. The van der Waals surface area contributed by atoms with Crippen LogP contribution in [0.1, 0.15) is 12.0 Å². The van der Waals surface area contributed by atoms with Crippen LogP contribution in [0.15, 0.2) is 11.7 Å². The molecule has 6 heteroatoms. The first-order valence-electron chi connectivity index (χ1n) is 5.88. The average molecular weight is 269 g/mol. The summed E-state index contributed by atoms with van der Waals surface area (Å²) in [6.45, 7) is 3.04. The molecule has 3 heterocycles. The van der Waals surface area contributed by atoms with Crippen molar-refractivity contribution in [1.29, 1.82) is 0 Å². The minimum atomic E-state index is -2.24. The molecule has 1 fully saturated rings. The third-order valence-corrected chi connectivity index (χ3v) is 4.48. The topological polar surface area (TPSA) is 29.0 Å². The zero-order chi connectivity index (χ0) is 12.7. The van der Waals surface area contributed by atoms with E-state index in [1.165, 1.54) is 6.33 Å². The molecule has 0 bridgehead atoms. The number of anilines is 1. The quantitative estimate of drug-likeness (QED) is 0.839. The van der Waals surface area contributed by atoms with Crippen molar-refractivity contribution >= 4 is 27.4 Å². The van der Waals surface area contributed by atoms with Crippen LogP contribution in [0.4, 0.5) is 14.6 Å². The van der Waals surface area contributed by atoms with E-state index in [9.17, 15) is 8.78 Å². The van der Waals surface area contributed by atoms with E-state index in [2.05, 4.69) is 9.97 Å². The Kier molecular flexibility index (Phi) is 2.89. The van der Waals surface area contributed by atoms with Gasteiger partial charge in [-0.05, 0) is 24.3 Å². The molecule has 0 aliphatic carbocycles. The van der Waals surface area contributed by atoms with Gasteiger partial charge >= 0.3 is 0 Å². The van der Waals surface area contributed by atoms with Crippen molar-refractivity contribution in [2.75, 3.05) is 18.0 Å². The molecule has 2 aromatic rings. The number of rotatable bonds is 2. The molecule has 2 aromatic heterocycles. The Hall–Kier alpha value is -1.30. The summed E-state index contributed by atoms with van der Waals surface area (Å²) in [5.74, 6) is 0.275. The number of hydrogen-bond donors (Lipinski definition) is 0. The molecular weight excluding hydrogens is 256 g/mol. The first-order valence-corrected chi connectivity index (χ1v) is 6.76. The molecule has 3 nitrogen and oxygen atoms in total.